The maximum Gasteiger partial charge on any atom is -0.0181 e. The van der Waals surface area contributed by atoms with E-state index in [0.29, 0.717) is 0 Å². The molecule has 23 heavy (non-hydrogen) atoms. The maximum absolute atomic E-state index is 2.41. The Kier molecular flexibility index (Phi) is 7.65. The normalized spacial score (nSPS) is 12.9. The second-order valence-corrected chi connectivity index (χ2v) is 7.57. The van der Waals surface area contributed by atoms with E-state index in [1.165, 1.54) is 67.7 Å². The first-order chi connectivity index (χ1) is 11.2. The van der Waals surface area contributed by atoms with Gasteiger partial charge in [0.1, 0.15) is 0 Å². The van der Waals surface area contributed by atoms with Crippen LogP contribution in [0, 0.1) is 11.8 Å². The van der Waals surface area contributed by atoms with Crippen LogP contribution in [-0.4, -0.2) is 0 Å². The number of hydrogen-bond donors (Lipinski definition) is 0. The lowest BCUT2D eigenvalue weighted by molar-refractivity contribution is 0.393. The van der Waals surface area contributed by atoms with E-state index in [1.807, 2.05) is 0 Å². The first kappa shape index (κ1) is 18.0. The Morgan fingerprint density at radius 1 is 0.783 bits per heavy atom. The zero-order valence-corrected chi connectivity index (χ0v) is 15.4. The van der Waals surface area contributed by atoms with Crippen LogP contribution in [0.3, 0.4) is 0 Å². The minimum Gasteiger partial charge on any atom is -0.0654 e. The molecule has 1 unspecified atom stereocenters. The summed E-state index contributed by atoms with van der Waals surface area (Å²) >= 11 is 0. The van der Waals surface area contributed by atoms with E-state index < -0.39 is 0 Å². The van der Waals surface area contributed by atoms with Crippen molar-refractivity contribution in [3.05, 3.63) is 48.0 Å². The second-order valence-electron chi connectivity index (χ2n) is 7.57. The summed E-state index contributed by atoms with van der Waals surface area (Å²) in [5.41, 5.74) is 1.52. The van der Waals surface area contributed by atoms with Crippen molar-refractivity contribution in [2.24, 2.45) is 11.8 Å². The van der Waals surface area contributed by atoms with Crippen LogP contribution in [-0.2, 0) is 6.42 Å². The second kappa shape index (κ2) is 9.75. The number of rotatable bonds is 10. The third-order valence-corrected chi connectivity index (χ3v) is 4.95. The Balaban J connectivity index is 1.98. The molecule has 2 aromatic rings. The molecule has 0 aliphatic carbocycles. The largest absolute Gasteiger partial charge is 0.0654 e. The average molecular weight is 311 g/mol. The van der Waals surface area contributed by atoms with Crippen LogP contribution in [0.25, 0.3) is 10.8 Å². The molecule has 2 rings (SSSR count). The summed E-state index contributed by atoms with van der Waals surface area (Å²) < 4.78 is 0. The number of unbranched alkanes of at least 4 members (excludes halogenated alkanes) is 2. The molecule has 126 valence electrons. The first-order valence-corrected chi connectivity index (χ1v) is 9.66. The molecule has 1 atom stereocenters. The lowest BCUT2D eigenvalue weighted by atomic mass is 9.88. The standard InChI is InChI=1S/C23H34/c1-4-5-6-11-20(12-9-10-19(2)3)17-21-15-16-22-13-7-8-14-23(22)18-21/h7-8,13-16,18-20H,4-6,9-12,17H2,1-3H3. The minimum atomic E-state index is 0.840. The van der Waals surface area contributed by atoms with Crippen molar-refractivity contribution in [1.82, 2.24) is 0 Å². The summed E-state index contributed by atoms with van der Waals surface area (Å²) in [5.74, 6) is 1.70. The highest BCUT2D eigenvalue weighted by Gasteiger charge is 2.10. The zero-order valence-electron chi connectivity index (χ0n) is 15.4. The summed E-state index contributed by atoms with van der Waals surface area (Å²) in [4.78, 5) is 0. The number of hydrogen-bond acceptors (Lipinski definition) is 0. The van der Waals surface area contributed by atoms with Gasteiger partial charge in [-0.3, -0.25) is 0 Å². The van der Waals surface area contributed by atoms with Gasteiger partial charge < -0.3 is 0 Å². The lowest BCUT2D eigenvalue weighted by Gasteiger charge is -2.18. The van der Waals surface area contributed by atoms with Crippen molar-refractivity contribution in [1.29, 1.82) is 0 Å². The predicted octanol–water partition coefficient (Wildman–Crippen LogP) is 7.41. The van der Waals surface area contributed by atoms with Gasteiger partial charge in [-0.15, -0.1) is 0 Å². The molecule has 2 aromatic carbocycles. The summed E-state index contributed by atoms with van der Waals surface area (Å²) in [6.45, 7) is 6.99. The van der Waals surface area contributed by atoms with Crippen LogP contribution in [0.1, 0.15) is 71.3 Å². The Morgan fingerprint density at radius 3 is 2.26 bits per heavy atom. The average Bonchev–Trinajstić information content (AvgIpc) is 2.54. The van der Waals surface area contributed by atoms with Gasteiger partial charge in [0.15, 0.2) is 0 Å². The van der Waals surface area contributed by atoms with Crippen molar-refractivity contribution >= 4 is 10.8 Å². The molecule has 0 spiro atoms. The molecule has 0 fully saturated rings. The number of fused-ring (bicyclic) bond motifs is 1. The molecule has 0 saturated heterocycles. The van der Waals surface area contributed by atoms with Crippen molar-refractivity contribution in [2.75, 3.05) is 0 Å². The van der Waals surface area contributed by atoms with Crippen molar-refractivity contribution in [3.63, 3.8) is 0 Å². The Morgan fingerprint density at radius 2 is 1.52 bits per heavy atom. The molecule has 0 aliphatic rings. The molecule has 0 heterocycles. The molecule has 0 bridgehead atoms. The van der Waals surface area contributed by atoms with E-state index in [4.69, 9.17) is 0 Å². The highest BCUT2D eigenvalue weighted by molar-refractivity contribution is 5.82. The predicted molar refractivity (Wildman–Crippen MR) is 104 cm³/mol. The molecule has 0 amide bonds. The summed E-state index contributed by atoms with van der Waals surface area (Å²) in [7, 11) is 0. The monoisotopic (exact) mass is 310 g/mol. The summed E-state index contributed by atoms with van der Waals surface area (Å²) in [6, 6.07) is 15.8. The van der Waals surface area contributed by atoms with E-state index in [1.54, 1.807) is 0 Å². The molecule has 0 aliphatic heterocycles. The van der Waals surface area contributed by atoms with Gasteiger partial charge in [-0.25, -0.2) is 0 Å². The van der Waals surface area contributed by atoms with E-state index in [9.17, 15) is 0 Å². The topological polar surface area (TPSA) is 0 Å². The van der Waals surface area contributed by atoms with Crippen molar-refractivity contribution in [3.8, 4) is 0 Å². The van der Waals surface area contributed by atoms with Gasteiger partial charge in [-0.2, -0.15) is 0 Å². The van der Waals surface area contributed by atoms with Crippen LogP contribution in [0.4, 0.5) is 0 Å². The lowest BCUT2D eigenvalue weighted by Crippen LogP contribution is -2.06. The highest BCUT2D eigenvalue weighted by Crippen LogP contribution is 2.25. The van der Waals surface area contributed by atoms with Crippen LogP contribution in [0.2, 0.25) is 0 Å². The molecule has 0 aromatic heterocycles. The van der Waals surface area contributed by atoms with Gasteiger partial charge in [-0.1, -0.05) is 108 Å². The SMILES string of the molecule is CCCCCC(CCCC(C)C)Cc1ccc2ccccc2c1. The van der Waals surface area contributed by atoms with Crippen LogP contribution >= 0.6 is 0 Å². The fourth-order valence-electron chi connectivity index (χ4n) is 3.55. The molecule has 0 saturated carbocycles. The van der Waals surface area contributed by atoms with Crippen molar-refractivity contribution in [2.45, 2.75) is 72.1 Å². The van der Waals surface area contributed by atoms with Gasteiger partial charge in [0.25, 0.3) is 0 Å². The van der Waals surface area contributed by atoms with E-state index in [0.717, 1.165) is 11.8 Å². The Labute approximate surface area is 143 Å². The van der Waals surface area contributed by atoms with Crippen LogP contribution in [0.5, 0.6) is 0 Å². The van der Waals surface area contributed by atoms with E-state index >= 15 is 0 Å². The fourth-order valence-corrected chi connectivity index (χ4v) is 3.55. The van der Waals surface area contributed by atoms with Gasteiger partial charge >= 0.3 is 0 Å². The molecular formula is C23H34. The third-order valence-electron chi connectivity index (χ3n) is 4.95. The minimum absolute atomic E-state index is 0.840. The van der Waals surface area contributed by atoms with E-state index in [2.05, 4.69) is 63.2 Å². The quantitative estimate of drug-likeness (QED) is 0.401. The summed E-state index contributed by atoms with van der Waals surface area (Å²) in [5, 5.41) is 2.75. The molecule has 0 N–H and O–H groups in total. The molecular weight excluding hydrogens is 276 g/mol. The van der Waals surface area contributed by atoms with Crippen molar-refractivity contribution < 1.29 is 0 Å². The Bertz CT molecular complexity index is 567. The molecule has 0 heteroatoms. The van der Waals surface area contributed by atoms with E-state index in [-0.39, 0.29) is 0 Å². The van der Waals surface area contributed by atoms with Gasteiger partial charge in [0.05, 0.1) is 0 Å². The first-order valence-electron chi connectivity index (χ1n) is 9.66. The van der Waals surface area contributed by atoms with Crippen LogP contribution in [0.15, 0.2) is 42.5 Å². The summed E-state index contributed by atoms with van der Waals surface area (Å²) in [6.07, 6.45) is 10.9. The van der Waals surface area contributed by atoms with Crippen LogP contribution < -0.4 is 0 Å². The fraction of sp³-hybridized carbons (Fsp3) is 0.565. The Hall–Kier alpha value is -1.30. The highest BCUT2D eigenvalue weighted by atomic mass is 14.2. The van der Waals surface area contributed by atoms with Gasteiger partial charge in [0, 0.05) is 0 Å². The van der Waals surface area contributed by atoms with Gasteiger partial charge in [0.2, 0.25) is 0 Å². The molecule has 0 nitrogen and oxygen atoms in total. The zero-order chi connectivity index (χ0) is 16.5. The number of benzene rings is 2. The smallest absolute Gasteiger partial charge is 0.0181 e. The maximum atomic E-state index is 2.41. The third kappa shape index (κ3) is 6.37. The van der Waals surface area contributed by atoms with Gasteiger partial charge in [-0.05, 0) is 34.6 Å². The molecule has 0 radical (unpaired) electrons.